The molecule has 0 aliphatic carbocycles. The summed E-state index contributed by atoms with van der Waals surface area (Å²) in [7, 11) is 0. The molecule has 0 radical (unpaired) electrons. The van der Waals surface area contributed by atoms with Gasteiger partial charge in [-0.05, 0) is 12.8 Å². The molecule has 0 aromatic heterocycles. The summed E-state index contributed by atoms with van der Waals surface area (Å²) in [5, 5.41) is 9.37. The molecule has 72 valence electrons. The van der Waals surface area contributed by atoms with Crippen LogP contribution in [0.15, 0.2) is 0 Å². The van der Waals surface area contributed by atoms with Crippen LogP contribution in [0.3, 0.4) is 0 Å². The van der Waals surface area contributed by atoms with E-state index in [1.165, 1.54) is 0 Å². The normalized spacial score (nSPS) is 15.8. The maximum Gasteiger partial charge on any atom is 0.325 e. The summed E-state index contributed by atoms with van der Waals surface area (Å²) in [6, 6.07) is -0.926. The van der Waals surface area contributed by atoms with E-state index in [1.54, 1.807) is 20.8 Å². The number of nitrogens with two attached hydrogens (primary N) is 1. The molecule has 0 unspecified atom stereocenters. The second-order valence-corrected chi connectivity index (χ2v) is 3.01. The van der Waals surface area contributed by atoms with Gasteiger partial charge in [0.05, 0.1) is 12.7 Å². The first-order chi connectivity index (χ1) is 5.50. The van der Waals surface area contributed by atoms with Crippen LogP contribution in [0.1, 0.15) is 20.8 Å². The Hall–Kier alpha value is -0.610. The summed E-state index contributed by atoms with van der Waals surface area (Å²) in [5.41, 5.74) is 5.42. The molecule has 0 fully saturated rings. The van der Waals surface area contributed by atoms with Gasteiger partial charge in [0.1, 0.15) is 6.04 Å². The predicted octanol–water partition coefficient (Wildman–Crippen LogP) is -0.106. The Labute approximate surface area is 72.7 Å². The van der Waals surface area contributed by atoms with Crippen molar-refractivity contribution in [1.29, 1.82) is 0 Å². The maximum absolute atomic E-state index is 11.0. The summed E-state index contributed by atoms with van der Waals surface area (Å²) >= 11 is 0. The number of carbonyl (C=O) groups is 1. The summed E-state index contributed by atoms with van der Waals surface area (Å²) < 4.78 is 4.65. The van der Waals surface area contributed by atoms with E-state index in [0.29, 0.717) is 0 Å². The minimum absolute atomic E-state index is 0.0376. The number of ether oxygens (including phenoxy) is 1. The molecule has 0 saturated heterocycles. The Morgan fingerprint density at radius 1 is 1.58 bits per heavy atom. The van der Waals surface area contributed by atoms with Gasteiger partial charge in [-0.15, -0.1) is 0 Å². The molecule has 0 aromatic carbocycles. The third-order valence-corrected chi connectivity index (χ3v) is 1.61. The highest BCUT2D eigenvalue weighted by Crippen LogP contribution is 2.05. The maximum atomic E-state index is 11.0. The Morgan fingerprint density at radius 2 is 2.08 bits per heavy atom. The van der Waals surface area contributed by atoms with Crippen molar-refractivity contribution in [2.24, 2.45) is 11.7 Å². The molecule has 0 rings (SSSR count). The monoisotopic (exact) mass is 175 g/mol. The Bertz CT molecular complexity index is 147. The smallest absolute Gasteiger partial charge is 0.325 e. The van der Waals surface area contributed by atoms with E-state index < -0.39 is 18.1 Å². The second-order valence-electron chi connectivity index (χ2n) is 3.01. The van der Waals surface area contributed by atoms with E-state index in [2.05, 4.69) is 4.74 Å². The van der Waals surface area contributed by atoms with Gasteiger partial charge in [-0.2, -0.15) is 0 Å². The third kappa shape index (κ3) is 3.19. The fourth-order valence-corrected chi connectivity index (χ4v) is 0.793. The highest BCUT2D eigenvalue weighted by molar-refractivity contribution is 5.76. The number of hydrogen-bond donors (Lipinski definition) is 2. The fraction of sp³-hybridized carbons (Fsp3) is 0.875. The summed E-state index contributed by atoms with van der Waals surface area (Å²) in [6.07, 6.45) is -0.830. The van der Waals surface area contributed by atoms with Gasteiger partial charge in [0.25, 0.3) is 0 Å². The van der Waals surface area contributed by atoms with Crippen LogP contribution in [0.5, 0.6) is 0 Å². The lowest BCUT2D eigenvalue weighted by molar-refractivity contribution is -0.148. The minimum Gasteiger partial charge on any atom is -0.465 e. The van der Waals surface area contributed by atoms with Crippen LogP contribution in [0.4, 0.5) is 0 Å². The molecule has 0 aliphatic rings. The zero-order valence-corrected chi connectivity index (χ0v) is 7.78. The molecule has 0 heterocycles. The first-order valence-corrected chi connectivity index (χ1v) is 4.11. The van der Waals surface area contributed by atoms with Crippen molar-refractivity contribution in [1.82, 2.24) is 0 Å². The number of esters is 1. The van der Waals surface area contributed by atoms with Crippen molar-refractivity contribution in [3.05, 3.63) is 0 Å². The van der Waals surface area contributed by atoms with Crippen molar-refractivity contribution in [2.45, 2.75) is 32.9 Å². The van der Waals surface area contributed by atoms with Crippen LogP contribution in [-0.4, -0.2) is 29.8 Å². The van der Waals surface area contributed by atoms with E-state index in [4.69, 9.17) is 5.73 Å². The molecule has 0 bridgehead atoms. The number of carbonyl (C=O) groups excluding carboxylic acids is 1. The minimum atomic E-state index is -0.926. The van der Waals surface area contributed by atoms with E-state index in [0.717, 1.165) is 0 Å². The van der Waals surface area contributed by atoms with Gasteiger partial charge in [-0.1, -0.05) is 13.8 Å². The van der Waals surface area contributed by atoms with Gasteiger partial charge in [0.2, 0.25) is 0 Å². The van der Waals surface area contributed by atoms with Crippen molar-refractivity contribution in [2.75, 3.05) is 6.61 Å². The quantitative estimate of drug-likeness (QED) is 0.585. The largest absolute Gasteiger partial charge is 0.465 e. The van der Waals surface area contributed by atoms with Gasteiger partial charge < -0.3 is 15.6 Å². The van der Waals surface area contributed by atoms with Crippen molar-refractivity contribution < 1.29 is 14.6 Å². The van der Waals surface area contributed by atoms with Crippen LogP contribution >= 0.6 is 0 Å². The number of aliphatic hydroxyl groups is 1. The summed E-state index contributed by atoms with van der Waals surface area (Å²) in [5.74, 6) is -0.580. The van der Waals surface area contributed by atoms with Crippen molar-refractivity contribution >= 4 is 5.97 Å². The molecule has 3 N–H and O–H groups in total. The zero-order chi connectivity index (χ0) is 9.72. The summed E-state index contributed by atoms with van der Waals surface area (Å²) in [6.45, 7) is 5.58. The highest BCUT2D eigenvalue weighted by atomic mass is 16.5. The van der Waals surface area contributed by atoms with Crippen LogP contribution in [0.2, 0.25) is 0 Å². The fourth-order valence-electron chi connectivity index (χ4n) is 0.793. The van der Waals surface area contributed by atoms with Crippen LogP contribution < -0.4 is 5.73 Å². The van der Waals surface area contributed by atoms with Crippen molar-refractivity contribution in [3.8, 4) is 0 Å². The van der Waals surface area contributed by atoms with E-state index in [9.17, 15) is 9.90 Å². The number of rotatable bonds is 4. The molecule has 2 atom stereocenters. The lowest BCUT2D eigenvalue weighted by Gasteiger charge is -2.19. The topological polar surface area (TPSA) is 72.5 Å². The average molecular weight is 175 g/mol. The molecule has 4 nitrogen and oxygen atoms in total. The van der Waals surface area contributed by atoms with Crippen LogP contribution in [-0.2, 0) is 9.53 Å². The molecule has 0 saturated carbocycles. The van der Waals surface area contributed by atoms with Gasteiger partial charge >= 0.3 is 5.97 Å². The summed E-state index contributed by atoms with van der Waals surface area (Å²) in [4.78, 5) is 11.0. The van der Waals surface area contributed by atoms with Crippen molar-refractivity contribution in [3.63, 3.8) is 0 Å². The average Bonchev–Trinajstić information content (AvgIpc) is 2.02. The first kappa shape index (κ1) is 11.4. The van der Waals surface area contributed by atoms with E-state index in [-0.39, 0.29) is 12.5 Å². The lowest BCUT2D eigenvalue weighted by atomic mass is 10.0. The molecule has 0 aliphatic heterocycles. The van der Waals surface area contributed by atoms with Gasteiger partial charge in [0, 0.05) is 0 Å². The first-order valence-electron chi connectivity index (χ1n) is 4.11. The van der Waals surface area contributed by atoms with Gasteiger partial charge in [0.15, 0.2) is 0 Å². The van der Waals surface area contributed by atoms with Crippen LogP contribution in [0.25, 0.3) is 0 Å². The molecule has 0 aromatic rings. The molecule has 0 amide bonds. The van der Waals surface area contributed by atoms with Gasteiger partial charge in [-0.25, -0.2) is 0 Å². The molecule has 12 heavy (non-hydrogen) atoms. The van der Waals surface area contributed by atoms with E-state index >= 15 is 0 Å². The zero-order valence-electron chi connectivity index (χ0n) is 7.78. The number of aliphatic hydroxyl groups excluding tert-OH is 1. The molecule has 0 spiro atoms. The molecular weight excluding hydrogens is 158 g/mol. The molecule has 4 heteroatoms. The third-order valence-electron chi connectivity index (χ3n) is 1.61. The Balaban J connectivity index is 4.00. The predicted molar refractivity (Wildman–Crippen MR) is 45.5 cm³/mol. The SMILES string of the molecule is CCOC(=O)[C@@H](N)[C@@H](O)C(C)C. The Morgan fingerprint density at radius 3 is 2.42 bits per heavy atom. The number of hydrogen-bond acceptors (Lipinski definition) is 4. The Kier molecular flexibility index (Phi) is 4.85. The van der Waals surface area contributed by atoms with Crippen LogP contribution in [0, 0.1) is 5.92 Å². The highest BCUT2D eigenvalue weighted by Gasteiger charge is 2.25. The second kappa shape index (κ2) is 5.11. The van der Waals surface area contributed by atoms with Gasteiger partial charge in [-0.3, -0.25) is 4.79 Å². The lowest BCUT2D eigenvalue weighted by Crippen LogP contribution is -2.45. The van der Waals surface area contributed by atoms with E-state index in [1.807, 2.05) is 0 Å². The molecular formula is C8H17NO3. The standard InChI is InChI=1S/C8H17NO3/c1-4-12-8(11)6(9)7(10)5(2)3/h5-7,10H,4,9H2,1-3H3/t6-,7-/m0/s1.